The number of carbonyl (C=O) groups is 1. The van der Waals surface area contributed by atoms with E-state index in [9.17, 15) is 9.90 Å². The predicted octanol–water partition coefficient (Wildman–Crippen LogP) is 3.68. The molecule has 186 valence electrons. The van der Waals surface area contributed by atoms with Crippen molar-refractivity contribution in [3.8, 4) is 28.7 Å². The van der Waals surface area contributed by atoms with E-state index in [1.54, 1.807) is 12.1 Å². The van der Waals surface area contributed by atoms with Gasteiger partial charge in [0.25, 0.3) is 5.91 Å². The first-order valence-corrected chi connectivity index (χ1v) is 11.6. The van der Waals surface area contributed by atoms with Gasteiger partial charge in [0.2, 0.25) is 5.75 Å². The minimum absolute atomic E-state index is 0.0173. The zero-order chi connectivity index (χ0) is 24.7. The van der Waals surface area contributed by atoms with Gasteiger partial charge in [-0.25, -0.2) is 0 Å². The molecule has 8 heteroatoms. The standard InChI is InChI=1S/C26H35NO7/c1-6-33-20-9-8-19(16-21(20)34-7-2)26(11-13-28)10-12-27(17-26)25(29)18-14-22(30-3)24(32-5)23(15-18)31-4/h8-9,14-16,28H,6-7,10-13,17H2,1-5H3. The van der Waals surface area contributed by atoms with Gasteiger partial charge in [0.15, 0.2) is 23.0 Å². The van der Waals surface area contributed by atoms with Gasteiger partial charge in [-0.05, 0) is 56.5 Å². The average molecular weight is 474 g/mol. The van der Waals surface area contributed by atoms with Crippen LogP contribution in [-0.4, -0.2) is 70.2 Å². The molecule has 1 heterocycles. The molecule has 0 aromatic heterocycles. The van der Waals surface area contributed by atoms with Crippen molar-refractivity contribution in [1.29, 1.82) is 0 Å². The summed E-state index contributed by atoms with van der Waals surface area (Å²) in [6, 6.07) is 9.24. The third-order valence-corrected chi connectivity index (χ3v) is 6.30. The summed E-state index contributed by atoms with van der Waals surface area (Å²) in [4.78, 5) is 15.3. The van der Waals surface area contributed by atoms with Crippen molar-refractivity contribution in [2.75, 3.05) is 54.2 Å². The van der Waals surface area contributed by atoms with Crippen molar-refractivity contribution in [2.24, 2.45) is 0 Å². The van der Waals surface area contributed by atoms with Crippen molar-refractivity contribution in [3.63, 3.8) is 0 Å². The lowest BCUT2D eigenvalue weighted by molar-refractivity contribution is 0.0778. The van der Waals surface area contributed by atoms with E-state index in [1.165, 1.54) is 21.3 Å². The molecule has 8 nitrogen and oxygen atoms in total. The van der Waals surface area contributed by atoms with Crippen molar-refractivity contribution >= 4 is 5.91 Å². The van der Waals surface area contributed by atoms with Crippen LogP contribution in [0, 0.1) is 0 Å². The van der Waals surface area contributed by atoms with Crippen molar-refractivity contribution in [2.45, 2.75) is 32.1 Å². The van der Waals surface area contributed by atoms with Crippen LogP contribution in [0.2, 0.25) is 0 Å². The van der Waals surface area contributed by atoms with E-state index in [1.807, 2.05) is 36.9 Å². The zero-order valence-electron chi connectivity index (χ0n) is 20.7. The van der Waals surface area contributed by atoms with Crippen LogP contribution in [0.4, 0.5) is 0 Å². The molecule has 2 aromatic rings. The summed E-state index contributed by atoms with van der Waals surface area (Å²) in [5, 5.41) is 9.89. The molecule has 0 bridgehead atoms. The number of aliphatic hydroxyl groups is 1. The Morgan fingerprint density at radius 3 is 2.15 bits per heavy atom. The lowest BCUT2D eigenvalue weighted by Crippen LogP contribution is -2.35. The summed E-state index contributed by atoms with van der Waals surface area (Å²) in [5.74, 6) is 2.53. The quantitative estimate of drug-likeness (QED) is 0.533. The minimum atomic E-state index is -0.387. The van der Waals surface area contributed by atoms with Crippen LogP contribution in [0.25, 0.3) is 0 Å². The molecular weight excluding hydrogens is 438 g/mol. The molecule has 0 aliphatic carbocycles. The number of methoxy groups -OCH3 is 3. The lowest BCUT2D eigenvalue weighted by atomic mass is 9.77. The molecular formula is C26H35NO7. The Kier molecular flexibility index (Phi) is 8.50. The van der Waals surface area contributed by atoms with Crippen LogP contribution < -0.4 is 23.7 Å². The number of benzene rings is 2. The molecule has 0 spiro atoms. The fraction of sp³-hybridized carbons (Fsp3) is 0.500. The number of likely N-dealkylation sites (tertiary alicyclic amines) is 1. The smallest absolute Gasteiger partial charge is 0.254 e. The second-order valence-electron chi connectivity index (χ2n) is 8.17. The Morgan fingerprint density at radius 1 is 0.941 bits per heavy atom. The summed E-state index contributed by atoms with van der Waals surface area (Å²) in [5.41, 5.74) is 1.09. The van der Waals surface area contributed by atoms with E-state index >= 15 is 0 Å². The fourth-order valence-electron chi connectivity index (χ4n) is 4.61. The molecule has 1 N–H and O–H groups in total. The zero-order valence-corrected chi connectivity index (χ0v) is 20.7. The van der Waals surface area contributed by atoms with E-state index in [0.717, 1.165) is 12.0 Å². The Morgan fingerprint density at radius 2 is 1.59 bits per heavy atom. The van der Waals surface area contributed by atoms with Gasteiger partial charge in [0.1, 0.15) is 0 Å². The van der Waals surface area contributed by atoms with Gasteiger partial charge < -0.3 is 33.7 Å². The molecule has 1 aliphatic heterocycles. The number of aliphatic hydroxyl groups excluding tert-OH is 1. The normalized spacial score (nSPS) is 17.4. The Hall–Kier alpha value is -3.13. The van der Waals surface area contributed by atoms with Crippen LogP contribution in [0.5, 0.6) is 28.7 Å². The van der Waals surface area contributed by atoms with Crippen LogP contribution >= 0.6 is 0 Å². The number of hydrogen-bond acceptors (Lipinski definition) is 7. The summed E-state index contributed by atoms with van der Waals surface area (Å²) < 4.78 is 27.7. The number of carbonyl (C=O) groups excluding carboxylic acids is 1. The molecule has 0 saturated carbocycles. The number of ether oxygens (including phenoxy) is 5. The number of nitrogens with zero attached hydrogens (tertiary/aromatic N) is 1. The maximum absolute atomic E-state index is 13.5. The second kappa shape index (κ2) is 11.3. The van der Waals surface area contributed by atoms with Gasteiger partial charge in [0.05, 0.1) is 34.5 Å². The first kappa shape index (κ1) is 25.5. The highest BCUT2D eigenvalue weighted by molar-refractivity contribution is 5.96. The first-order chi connectivity index (χ1) is 16.5. The van der Waals surface area contributed by atoms with Gasteiger partial charge in [-0.3, -0.25) is 4.79 Å². The van der Waals surface area contributed by atoms with Crippen LogP contribution in [-0.2, 0) is 5.41 Å². The monoisotopic (exact) mass is 473 g/mol. The van der Waals surface area contributed by atoms with E-state index in [4.69, 9.17) is 23.7 Å². The van der Waals surface area contributed by atoms with Gasteiger partial charge in [0, 0.05) is 30.7 Å². The molecule has 1 saturated heterocycles. The van der Waals surface area contributed by atoms with E-state index in [2.05, 4.69) is 0 Å². The molecule has 3 rings (SSSR count). The average Bonchev–Trinajstić information content (AvgIpc) is 3.29. The minimum Gasteiger partial charge on any atom is -0.493 e. The summed E-state index contributed by atoms with van der Waals surface area (Å²) in [6.07, 6.45) is 1.26. The van der Waals surface area contributed by atoms with E-state index in [-0.39, 0.29) is 17.9 Å². The highest BCUT2D eigenvalue weighted by Crippen LogP contribution is 2.43. The first-order valence-electron chi connectivity index (χ1n) is 11.6. The van der Waals surface area contributed by atoms with Crippen molar-refractivity contribution in [3.05, 3.63) is 41.5 Å². The van der Waals surface area contributed by atoms with Crippen molar-refractivity contribution < 1.29 is 33.6 Å². The summed E-state index contributed by atoms with van der Waals surface area (Å²) in [7, 11) is 4.57. The lowest BCUT2D eigenvalue weighted by Gasteiger charge is -2.30. The predicted molar refractivity (Wildman–Crippen MR) is 129 cm³/mol. The third-order valence-electron chi connectivity index (χ3n) is 6.30. The summed E-state index contributed by atoms with van der Waals surface area (Å²) in [6.45, 7) is 5.97. The maximum Gasteiger partial charge on any atom is 0.254 e. The van der Waals surface area contributed by atoms with Crippen LogP contribution in [0.3, 0.4) is 0 Å². The second-order valence-corrected chi connectivity index (χ2v) is 8.17. The number of hydrogen-bond donors (Lipinski definition) is 1. The Bertz CT molecular complexity index is 968. The van der Waals surface area contributed by atoms with Gasteiger partial charge in [-0.15, -0.1) is 0 Å². The third kappa shape index (κ3) is 5.01. The molecule has 1 fully saturated rings. The molecule has 2 aromatic carbocycles. The molecule has 1 unspecified atom stereocenters. The number of rotatable bonds is 11. The highest BCUT2D eigenvalue weighted by atomic mass is 16.5. The van der Waals surface area contributed by atoms with Crippen LogP contribution in [0.1, 0.15) is 42.6 Å². The fourth-order valence-corrected chi connectivity index (χ4v) is 4.61. The van der Waals surface area contributed by atoms with Gasteiger partial charge in [-0.2, -0.15) is 0 Å². The molecule has 34 heavy (non-hydrogen) atoms. The highest BCUT2D eigenvalue weighted by Gasteiger charge is 2.42. The van der Waals surface area contributed by atoms with E-state index in [0.29, 0.717) is 67.0 Å². The largest absolute Gasteiger partial charge is 0.493 e. The molecule has 0 radical (unpaired) electrons. The van der Waals surface area contributed by atoms with Crippen molar-refractivity contribution in [1.82, 2.24) is 4.90 Å². The topological polar surface area (TPSA) is 86.7 Å². The Balaban J connectivity index is 1.93. The molecule has 1 atom stereocenters. The van der Waals surface area contributed by atoms with Gasteiger partial charge >= 0.3 is 0 Å². The van der Waals surface area contributed by atoms with E-state index < -0.39 is 0 Å². The Labute approximate surface area is 201 Å². The SMILES string of the molecule is CCOc1ccc(C2(CCO)CCN(C(=O)c3cc(OC)c(OC)c(OC)c3)C2)cc1OCC. The molecule has 1 amide bonds. The molecule has 1 aliphatic rings. The maximum atomic E-state index is 13.5. The summed E-state index contributed by atoms with van der Waals surface area (Å²) >= 11 is 0. The van der Waals surface area contributed by atoms with Gasteiger partial charge in [-0.1, -0.05) is 6.07 Å². The number of amides is 1. The van der Waals surface area contributed by atoms with Crippen LogP contribution in [0.15, 0.2) is 30.3 Å².